The van der Waals surface area contributed by atoms with Gasteiger partial charge in [0, 0.05) is 5.92 Å². The van der Waals surface area contributed by atoms with Gasteiger partial charge in [0.1, 0.15) is 24.9 Å². The summed E-state index contributed by atoms with van der Waals surface area (Å²) in [6.45, 7) is 22.3. The molecule has 4 atom stereocenters. The minimum absolute atomic E-state index is 0.0189. The van der Waals surface area contributed by atoms with Crippen LogP contribution in [0.15, 0.2) is 11.1 Å². The number of H-pyrrole nitrogens is 1. The summed E-state index contributed by atoms with van der Waals surface area (Å²) in [7, 11) is -5.93. The molecule has 0 aliphatic carbocycles. The van der Waals surface area contributed by atoms with Gasteiger partial charge in [-0.15, -0.1) is 0 Å². The molecule has 4 heterocycles. The van der Waals surface area contributed by atoms with Crippen LogP contribution in [-0.4, -0.2) is 86.6 Å². The normalized spacial score (nSPS) is 24.5. The van der Waals surface area contributed by atoms with Gasteiger partial charge in [0.2, 0.25) is 11.9 Å². The molecule has 2 aliphatic rings. The van der Waals surface area contributed by atoms with Crippen LogP contribution in [0.4, 0.5) is 5.95 Å². The number of amides is 1. The monoisotopic (exact) mass is 681 g/mol. The highest BCUT2D eigenvalue weighted by Crippen LogP contribution is 2.49. The fourth-order valence-electron chi connectivity index (χ4n) is 6.32. The molecule has 0 radical (unpaired) electrons. The second kappa shape index (κ2) is 14.3. The molecule has 0 aromatic carbocycles. The Labute approximate surface area is 272 Å². The maximum Gasteiger partial charge on any atom is 0.335 e. The molecule has 1 amide bonds. The van der Waals surface area contributed by atoms with Crippen LogP contribution in [0.1, 0.15) is 82.4 Å². The van der Waals surface area contributed by atoms with Gasteiger partial charge in [-0.3, -0.25) is 24.5 Å². The van der Waals surface area contributed by atoms with E-state index in [0.29, 0.717) is 0 Å². The van der Waals surface area contributed by atoms with E-state index in [1.807, 2.05) is 0 Å². The first-order valence-electron chi connectivity index (χ1n) is 16.3. The highest BCUT2D eigenvalue weighted by Gasteiger charge is 2.62. The number of imidazole rings is 1. The van der Waals surface area contributed by atoms with Crippen molar-refractivity contribution >= 4 is 46.1 Å². The summed E-state index contributed by atoms with van der Waals surface area (Å²) in [5, 5.41) is 2.65. The zero-order chi connectivity index (χ0) is 34.1. The number of esters is 1. The molecule has 2 aliphatic heterocycles. The minimum Gasteiger partial charge on any atom is -0.464 e. The predicted molar refractivity (Wildman–Crippen MR) is 176 cm³/mol. The molecule has 0 spiro atoms. The van der Waals surface area contributed by atoms with Crippen LogP contribution < -0.4 is 10.9 Å². The fourth-order valence-corrected chi connectivity index (χ4v) is 17.5. The lowest BCUT2D eigenvalue weighted by Gasteiger charge is -2.51. The molecular formula is C30H51N5O9Si2. The Morgan fingerprint density at radius 2 is 1.67 bits per heavy atom. The first-order chi connectivity index (χ1) is 21.6. The third-order valence-electron chi connectivity index (χ3n) is 8.79. The molecular weight excluding hydrogens is 631 g/mol. The number of anilines is 1. The Bertz CT molecular complexity index is 1430. The number of aromatic nitrogens is 4. The van der Waals surface area contributed by atoms with Crippen LogP contribution in [0.25, 0.3) is 11.2 Å². The molecule has 0 bridgehead atoms. The van der Waals surface area contributed by atoms with E-state index < -0.39 is 53.2 Å². The van der Waals surface area contributed by atoms with Gasteiger partial charge >= 0.3 is 23.1 Å². The molecule has 2 aromatic rings. The predicted octanol–water partition coefficient (Wildman–Crippen LogP) is 4.52. The van der Waals surface area contributed by atoms with Gasteiger partial charge in [-0.25, -0.2) is 9.78 Å². The number of fused-ring (bicyclic) bond motifs is 2. The zero-order valence-electron chi connectivity index (χ0n) is 28.9. The lowest BCUT2D eigenvalue weighted by molar-refractivity contribution is -0.154. The third kappa shape index (κ3) is 6.88. The van der Waals surface area contributed by atoms with Crippen molar-refractivity contribution < 1.29 is 36.8 Å². The van der Waals surface area contributed by atoms with E-state index in [1.165, 1.54) is 6.33 Å². The Kier molecular flexibility index (Phi) is 11.3. The number of carbonyl (C=O) groups excluding carboxylic acids is 2. The maximum absolute atomic E-state index is 13.0. The van der Waals surface area contributed by atoms with Gasteiger partial charge in [0.15, 0.2) is 17.4 Å². The van der Waals surface area contributed by atoms with Gasteiger partial charge in [-0.05, 0) is 29.1 Å². The summed E-state index contributed by atoms with van der Waals surface area (Å²) >= 11 is 0. The number of nitrogens with zero attached hydrogens (tertiary/aromatic N) is 3. The van der Waals surface area contributed by atoms with Crippen LogP contribution in [0.2, 0.25) is 22.2 Å². The molecule has 16 heteroatoms. The molecule has 46 heavy (non-hydrogen) atoms. The van der Waals surface area contributed by atoms with Crippen molar-refractivity contribution in [2.24, 2.45) is 5.92 Å². The SMILES string of the molecule is CCOC(=O)CO[C@@H]1[C@@H]2O[Si](C(C)C)(C(C)C)O[Si](C(C)C)(C(C)C)OC[C@H]2O[C@H]1n1cnc2c(=O)[nH]c(NC(=O)C(C)C)nc21. The number of hydrogen-bond acceptors (Lipinski definition) is 11. The Morgan fingerprint density at radius 1 is 1.04 bits per heavy atom. The average Bonchev–Trinajstić information content (AvgIpc) is 3.52. The summed E-state index contributed by atoms with van der Waals surface area (Å²) in [4.78, 5) is 49.4. The van der Waals surface area contributed by atoms with Crippen molar-refractivity contribution in [1.82, 2.24) is 19.5 Å². The number of rotatable bonds is 11. The third-order valence-corrected chi connectivity index (χ3v) is 19.0. The molecule has 2 aromatic heterocycles. The summed E-state index contributed by atoms with van der Waals surface area (Å²) in [5.41, 5.74) is 0.0685. The van der Waals surface area contributed by atoms with Crippen LogP contribution in [0.5, 0.6) is 0 Å². The van der Waals surface area contributed by atoms with Crippen molar-refractivity contribution in [3.8, 4) is 0 Å². The number of carbonyl (C=O) groups is 2. The van der Waals surface area contributed by atoms with Crippen LogP contribution in [0.3, 0.4) is 0 Å². The number of hydrogen-bond donors (Lipinski definition) is 2. The Balaban J connectivity index is 1.85. The van der Waals surface area contributed by atoms with Gasteiger partial charge in [-0.2, -0.15) is 4.98 Å². The highest BCUT2D eigenvalue weighted by molar-refractivity contribution is 6.84. The molecule has 0 unspecified atom stereocenters. The van der Waals surface area contributed by atoms with Crippen molar-refractivity contribution in [3.63, 3.8) is 0 Å². The van der Waals surface area contributed by atoms with E-state index in [1.54, 1.807) is 25.3 Å². The summed E-state index contributed by atoms with van der Waals surface area (Å²) in [6.07, 6.45) is -1.62. The van der Waals surface area contributed by atoms with Crippen LogP contribution in [0, 0.1) is 5.92 Å². The largest absolute Gasteiger partial charge is 0.464 e. The van der Waals surface area contributed by atoms with Gasteiger partial charge < -0.3 is 27.2 Å². The standard InChI is InChI=1S/C30H51N5O9Si2/c1-12-39-22(36)14-40-25-24-21(13-41-45(17(4)5,18(6)7)44-46(43-24,19(8)9)20(10)11)42-29(25)35-15-31-23-26(35)32-30(34-28(23)38)33-27(37)16(2)3/h15-21,24-25,29H,12-14H2,1-11H3,(H2,32,33,34,37,38)/t21-,24-,25-,29-/m1/s1. The molecule has 14 nitrogen and oxygen atoms in total. The molecule has 0 saturated carbocycles. The first kappa shape index (κ1) is 36.4. The van der Waals surface area contributed by atoms with Crippen molar-refractivity contribution in [3.05, 3.63) is 16.7 Å². The molecule has 258 valence electrons. The van der Waals surface area contributed by atoms with E-state index in [9.17, 15) is 14.4 Å². The molecule has 2 N–H and O–H groups in total. The second-order valence-electron chi connectivity index (χ2n) is 13.6. The summed E-state index contributed by atoms with van der Waals surface area (Å²) < 4.78 is 41.2. The smallest absolute Gasteiger partial charge is 0.335 e. The number of aromatic amines is 1. The summed E-state index contributed by atoms with van der Waals surface area (Å²) in [5.74, 6) is -1.19. The average molecular weight is 682 g/mol. The van der Waals surface area contributed by atoms with Crippen LogP contribution in [-0.2, 0) is 36.8 Å². The quantitative estimate of drug-likeness (QED) is 0.253. The van der Waals surface area contributed by atoms with Gasteiger partial charge in [0.05, 0.1) is 19.5 Å². The number of ether oxygens (including phenoxy) is 3. The Hall–Kier alpha value is -2.48. The van der Waals surface area contributed by atoms with E-state index >= 15 is 0 Å². The van der Waals surface area contributed by atoms with E-state index in [2.05, 4.69) is 75.7 Å². The molecule has 2 saturated heterocycles. The zero-order valence-corrected chi connectivity index (χ0v) is 30.9. The van der Waals surface area contributed by atoms with E-state index in [4.69, 9.17) is 27.2 Å². The van der Waals surface area contributed by atoms with E-state index in [-0.39, 0.29) is 70.9 Å². The van der Waals surface area contributed by atoms with Crippen molar-refractivity contribution in [2.75, 3.05) is 25.1 Å². The Morgan fingerprint density at radius 3 is 2.24 bits per heavy atom. The molecule has 2 fully saturated rings. The summed E-state index contributed by atoms with van der Waals surface area (Å²) in [6, 6.07) is 0. The fraction of sp³-hybridized carbons (Fsp3) is 0.767. The topological polar surface area (TPSA) is 165 Å². The second-order valence-corrected chi connectivity index (χ2v) is 22.4. The van der Waals surface area contributed by atoms with E-state index in [0.717, 1.165) is 0 Å². The van der Waals surface area contributed by atoms with Crippen molar-refractivity contribution in [2.45, 2.75) is 123 Å². The van der Waals surface area contributed by atoms with Gasteiger partial charge in [-0.1, -0.05) is 69.2 Å². The lowest BCUT2D eigenvalue weighted by Crippen LogP contribution is -2.66. The minimum atomic E-state index is -3.08. The lowest BCUT2D eigenvalue weighted by atomic mass is 10.1. The van der Waals surface area contributed by atoms with Crippen LogP contribution >= 0.6 is 0 Å². The van der Waals surface area contributed by atoms with Crippen molar-refractivity contribution in [1.29, 1.82) is 0 Å². The number of nitrogens with one attached hydrogen (secondary N) is 2. The molecule has 4 rings (SSSR count). The maximum atomic E-state index is 13.0. The van der Waals surface area contributed by atoms with Gasteiger partial charge in [0.25, 0.3) is 5.56 Å². The first-order valence-corrected chi connectivity index (χ1v) is 20.2. The highest BCUT2D eigenvalue weighted by atomic mass is 28.5.